The molecule has 28 heavy (non-hydrogen) atoms. The molecule has 2 N–H and O–H groups in total. The van der Waals surface area contributed by atoms with Crippen LogP contribution < -0.4 is 5.32 Å². The molecule has 0 fully saturated rings. The highest BCUT2D eigenvalue weighted by atomic mass is 35.5. The quantitative estimate of drug-likeness (QED) is 0.828. The molecule has 0 radical (unpaired) electrons. The Morgan fingerprint density at radius 3 is 2.57 bits per heavy atom. The van der Waals surface area contributed by atoms with Gasteiger partial charge in [0.2, 0.25) is 5.91 Å². The number of carbonyl (C=O) groups excluding carboxylic acids is 2. The number of benzene rings is 2. The Kier molecular flexibility index (Phi) is 4.39. The van der Waals surface area contributed by atoms with Crippen LogP contribution in [-0.4, -0.2) is 33.6 Å². The van der Waals surface area contributed by atoms with E-state index in [1.165, 1.54) is 0 Å². The standard InChI is InChI=1S/C20H16ClN3O4/c21-13-7-5-12(6-8-13)16-11-20(24(23-16)17(25)9-10-18(26)27)14-3-1-2-4-15(14)22-19(20)28/h1-8H,9-11H2,(H,22,28)(H,26,27)/t20-/m0/s1. The van der Waals surface area contributed by atoms with Gasteiger partial charge in [-0.25, -0.2) is 5.01 Å². The van der Waals surface area contributed by atoms with Crippen LogP contribution in [0.25, 0.3) is 0 Å². The van der Waals surface area contributed by atoms with Gasteiger partial charge in [0.05, 0.1) is 12.1 Å². The Morgan fingerprint density at radius 2 is 1.86 bits per heavy atom. The van der Waals surface area contributed by atoms with Crippen molar-refractivity contribution in [3.63, 3.8) is 0 Å². The number of nitrogens with zero attached hydrogens (tertiary/aromatic N) is 2. The van der Waals surface area contributed by atoms with Crippen LogP contribution in [-0.2, 0) is 19.9 Å². The van der Waals surface area contributed by atoms with Crippen molar-refractivity contribution in [1.82, 2.24) is 5.01 Å². The molecule has 2 amide bonds. The Hall–Kier alpha value is -3.19. The van der Waals surface area contributed by atoms with Gasteiger partial charge in [-0.2, -0.15) is 5.10 Å². The summed E-state index contributed by atoms with van der Waals surface area (Å²) in [5.41, 5.74) is 1.26. The number of rotatable bonds is 4. The number of carboxylic acid groups (broad SMARTS) is 1. The Balaban J connectivity index is 1.79. The van der Waals surface area contributed by atoms with Crippen LogP contribution in [0, 0.1) is 0 Å². The molecule has 2 heterocycles. The molecule has 8 heteroatoms. The van der Waals surface area contributed by atoms with Crippen molar-refractivity contribution < 1.29 is 19.5 Å². The Bertz CT molecular complexity index is 1020. The number of carboxylic acids is 1. The summed E-state index contributed by atoms with van der Waals surface area (Å²) in [4.78, 5) is 36.8. The summed E-state index contributed by atoms with van der Waals surface area (Å²) in [7, 11) is 0. The normalized spacial score (nSPS) is 20.1. The third-order valence-electron chi connectivity index (χ3n) is 4.97. The van der Waals surface area contributed by atoms with Gasteiger partial charge in [-0.15, -0.1) is 0 Å². The summed E-state index contributed by atoms with van der Waals surface area (Å²) in [6.07, 6.45) is -0.388. The summed E-state index contributed by atoms with van der Waals surface area (Å²) in [5.74, 6) is -1.96. The molecule has 0 saturated heterocycles. The highest BCUT2D eigenvalue weighted by molar-refractivity contribution is 6.30. The first-order chi connectivity index (χ1) is 13.4. The third kappa shape index (κ3) is 2.84. The second-order valence-corrected chi connectivity index (χ2v) is 7.13. The zero-order valence-electron chi connectivity index (χ0n) is 14.7. The molecule has 2 aliphatic rings. The molecule has 0 aliphatic carbocycles. The van der Waals surface area contributed by atoms with Crippen LogP contribution >= 0.6 is 11.6 Å². The topological polar surface area (TPSA) is 99.1 Å². The molecule has 1 spiro atoms. The van der Waals surface area contributed by atoms with Gasteiger partial charge in [-0.05, 0) is 23.8 Å². The number of hydrogen-bond donors (Lipinski definition) is 2. The highest BCUT2D eigenvalue weighted by Crippen LogP contribution is 2.47. The van der Waals surface area contributed by atoms with E-state index >= 15 is 0 Å². The van der Waals surface area contributed by atoms with Gasteiger partial charge in [0, 0.05) is 29.1 Å². The molecule has 0 aromatic heterocycles. The second kappa shape index (κ2) is 6.76. The van der Waals surface area contributed by atoms with Gasteiger partial charge in [0.1, 0.15) is 0 Å². The Labute approximate surface area is 165 Å². The van der Waals surface area contributed by atoms with E-state index in [-0.39, 0.29) is 25.2 Å². The predicted molar refractivity (Wildman–Crippen MR) is 103 cm³/mol. The first-order valence-corrected chi connectivity index (χ1v) is 9.09. The number of halogens is 1. The number of anilines is 1. The second-order valence-electron chi connectivity index (χ2n) is 6.69. The summed E-state index contributed by atoms with van der Waals surface area (Å²) in [6.45, 7) is 0. The molecule has 0 saturated carbocycles. The van der Waals surface area contributed by atoms with Crippen LogP contribution in [0.2, 0.25) is 5.02 Å². The lowest BCUT2D eigenvalue weighted by atomic mass is 9.85. The lowest BCUT2D eigenvalue weighted by Gasteiger charge is -2.30. The minimum atomic E-state index is -1.32. The van der Waals surface area contributed by atoms with Gasteiger partial charge in [-0.1, -0.05) is 41.9 Å². The van der Waals surface area contributed by atoms with Crippen LogP contribution in [0.1, 0.15) is 30.4 Å². The van der Waals surface area contributed by atoms with E-state index in [1.807, 2.05) is 0 Å². The average molecular weight is 398 g/mol. The molecule has 2 aromatic rings. The molecule has 142 valence electrons. The smallest absolute Gasteiger partial charge is 0.303 e. The third-order valence-corrected chi connectivity index (χ3v) is 5.22. The fourth-order valence-corrected chi connectivity index (χ4v) is 3.76. The largest absolute Gasteiger partial charge is 0.481 e. The molecule has 1 atom stereocenters. The van der Waals surface area contributed by atoms with Crippen LogP contribution in [0.15, 0.2) is 53.6 Å². The maximum absolute atomic E-state index is 13.0. The van der Waals surface area contributed by atoms with Crippen molar-refractivity contribution in [1.29, 1.82) is 0 Å². The lowest BCUT2D eigenvalue weighted by molar-refractivity contribution is -0.146. The minimum Gasteiger partial charge on any atom is -0.481 e. The molecule has 7 nitrogen and oxygen atoms in total. The lowest BCUT2D eigenvalue weighted by Crippen LogP contribution is -2.48. The van der Waals surface area contributed by atoms with E-state index in [1.54, 1.807) is 48.5 Å². The minimum absolute atomic E-state index is 0.191. The first-order valence-electron chi connectivity index (χ1n) is 8.71. The van der Waals surface area contributed by atoms with Gasteiger partial charge in [-0.3, -0.25) is 14.4 Å². The number of hydrazone groups is 1. The first kappa shape index (κ1) is 18.2. The van der Waals surface area contributed by atoms with E-state index in [4.69, 9.17) is 16.7 Å². The maximum Gasteiger partial charge on any atom is 0.303 e. The number of carbonyl (C=O) groups is 3. The SMILES string of the molecule is O=C(O)CCC(=O)N1N=C(c2ccc(Cl)cc2)C[C@]12C(=O)Nc1ccccc12. The summed E-state index contributed by atoms with van der Waals surface area (Å²) >= 11 is 5.95. The maximum atomic E-state index is 13.0. The summed E-state index contributed by atoms with van der Waals surface area (Å²) < 4.78 is 0. The molecular formula is C20H16ClN3O4. The molecule has 2 aliphatic heterocycles. The van der Waals surface area contributed by atoms with Gasteiger partial charge in [0.15, 0.2) is 5.54 Å². The van der Waals surface area contributed by atoms with E-state index in [9.17, 15) is 14.4 Å². The predicted octanol–water partition coefficient (Wildman–Crippen LogP) is 2.99. The molecule has 2 aromatic carbocycles. The number of amides is 2. The van der Waals surface area contributed by atoms with Crippen molar-refractivity contribution >= 4 is 40.8 Å². The van der Waals surface area contributed by atoms with Crippen molar-refractivity contribution in [3.8, 4) is 0 Å². The summed E-state index contributed by atoms with van der Waals surface area (Å²) in [6, 6.07) is 14.1. The number of para-hydroxylation sites is 1. The van der Waals surface area contributed by atoms with Crippen molar-refractivity contribution in [2.24, 2.45) is 5.10 Å². The number of fused-ring (bicyclic) bond motifs is 2. The van der Waals surface area contributed by atoms with Gasteiger partial charge >= 0.3 is 5.97 Å². The monoisotopic (exact) mass is 397 g/mol. The zero-order chi connectivity index (χ0) is 19.9. The number of hydrogen-bond acceptors (Lipinski definition) is 4. The molecular weight excluding hydrogens is 382 g/mol. The van der Waals surface area contributed by atoms with Gasteiger partial charge < -0.3 is 10.4 Å². The average Bonchev–Trinajstić information content (AvgIpc) is 3.21. The van der Waals surface area contributed by atoms with Crippen molar-refractivity contribution in [2.45, 2.75) is 24.8 Å². The van der Waals surface area contributed by atoms with Crippen molar-refractivity contribution in [2.75, 3.05) is 5.32 Å². The van der Waals surface area contributed by atoms with Crippen LogP contribution in [0.4, 0.5) is 5.69 Å². The van der Waals surface area contributed by atoms with Crippen molar-refractivity contribution in [3.05, 3.63) is 64.7 Å². The van der Waals surface area contributed by atoms with E-state index < -0.39 is 17.4 Å². The number of aliphatic carboxylic acids is 1. The molecule has 0 unspecified atom stereocenters. The molecule has 0 bridgehead atoms. The van der Waals surface area contributed by atoms with E-state index in [0.717, 1.165) is 10.6 Å². The van der Waals surface area contributed by atoms with Crippen LogP contribution in [0.5, 0.6) is 0 Å². The molecule has 4 rings (SSSR count). The fraction of sp³-hybridized carbons (Fsp3) is 0.200. The van der Waals surface area contributed by atoms with E-state index in [0.29, 0.717) is 22.0 Å². The van der Waals surface area contributed by atoms with Crippen LogP contribution in [0.3, 0.4) is 0 Å². The summed E-state index contributed by atoms with van der Waals surface area (Å²) in [5, 5.41) is 17.9. The fourth-order valence-electron chi connectivity index (χ4n) is 3.64. The van der Waals surface area contributed by atoms with E-state index in [2.05, 4.69) is 10.4 Å². The zero-order valence-corrected chi connectivity index (χ0v) is 15.4. The number of nitrogens with one attached hydrogen (secondary N) is 1. The van der Waals surface area contributed by atoms with Gasteiger partial charge in [0.25, 0.3) is 5.91 Å². The highest BCUT2D eigenvalue weighted by Gasteiger charge is 2.57. The Morgan fingerprint density at radius 1 is 1.14 bits per heavy atom.